The van der Waals surface area contributed by atoms with Crippen molar-refractivity contribution >= 4 is 15.8 Å². The first-order valence-electron chi connectivity index (χ1n) is 4.45. The molecule has 0 fully saturated rings. The normalized spacial score (nSPS) is 14.3. The van der Waals surface area contributed by atoms with Crippen LogP contribution in [0.1, 0.15) is 20.3 Å². The maximum Gasteiger partial charge on any atom is 0.321 e. The lowest BCUT2D eigenvalue weighted by Crippen LogP contribution is -2.35. The molecule has 1 atom stereocenters. The number of sulfone groups is 1. The number of nitrogens with two attached hydrogens (primary N) is 1. The summed E-state index contributed by atoms with van der Waals surface area (Å²) in [6.45, 7) is 3.53. The van der Waals surface area contributed by atoms with Gasteiger partial charge in [-0.25, -0.2) is 8.42 Å². The zero-order chi connectivity index (χ0) is 11.4. The Morgan fingerprint density at radius 3 is 2.21 bits per heavy atom. The van der Waals surface area contributed by atoms with Crippen molar-refractivity contribution in [3.05, 3.63) is 0 Å². The van der Waals surface area contributed by atoms with Gasteiger partial charge in [0.1, 0.15) is 0 Å². The van der Waals surface area contributed by atoms with Gasteiger partial charge >= 0.3 is 5.97 Å². The van der Waals surface area contributed by atoms with Crippen molar-refractivity contribution in [2.24, 2.45) is 11.7 Å². The predicted octanol–water partition coefficient (Wildman–Crippen LogP) is -0.141. The van der Waals surface area contributed by atoms with E-state index in [4.69, 9.17) is 10.8 Å². The highest BCUT2D eigenvalue weighted by Crippen LogP contribution is 2.11. The minimum atomic E-state index is -3.56. The molecule has 0 spiro atoms. The molecule has 0 aromatic rings. The molecule has 0 rings (SSSR count). The molecule has 0 aliphatic carbocycles. The molecule has 14 heavy (non-hydrogen) atoms. The van der Waals surface area contributed by atoms with Crippen LogP contribution >= 0.6 is 0 Å². The molecule has 0 bridgehead atoms. The fraction of sp³-hybridized carbons (Fsp3) is 0.875. The van der Waals surface area contributed by atoms with E-state index >= 15 is 0 Å². The summed E-state index contributed by atoms with van der Waals surface area (Å²) < 4.78 is 23.1. The molecule has 0 saturated heterocycles. The van der Waals surface area contributed by atoms with Crippen molar-refractivity contribution in [1.29, 1.82) is 0 Å². The smallest absolute Gasteiger partial charge is 0.321 e. The molecule has 0 aliphatic rings. The van der Waals surface area contributed by atoms with Crippen LogP contribution in [0.2, 0.25) is 0 Å². The number of aliphatic carboxylic acids is 1. The number of hydrogen-bond acceptors (Lipinski definition) is 4. The Hall–Kier alpha value is -0.620. The Kier molecular flexibility index (Phi) is 5.07. The molecule has 0 aromatic heterocycles. The van der Waals surface area contributed by atoms with E-state index < -0.39 is 21.1 Å². The second-order valence-electron chi connectivity index (χ2n) is 3.63. The Morgan fingerprint density at radius 1 is 1.43 bits per heavy atom. The second kappa shape index (κ2) is 5.31. The van der Waals surface area contributed by atoms with Gasteiger partial charge in [0.15, 0.2) is 15.1 Å². The minimum Gasteiger partial charge on any atom is -0.480 e. The summed E-state index contributed by atoms with van der Waals surface area (Å²) in [4.78, 5) is 10.7. The molecule has 0 heterocycles. The summed E-state index contributed by atoms with van der Waals surface area (Å²) in [6.07, 6.45) is -0.0234. The van der Waals surface area contributed by atoms with Crippen molar-refractivity contribution < 1.29 is 18.3 Å². The fourth-order valence-corrected chi connectivity index (χ4v) is 3.15. The van der Waals surface area contributed by atoms with E-state index in [-0.39, 0.29) is 24.6 Å². The Labute approximate surface area is 84.2 Å². The first-order chi connectivity index (χ1) is 6.31. The van der Waals surface area contributed by atoms with E-state index in [0.29, 0.717) is 0 Å². The number of rotatable bonds is 6. The van der Waals surface area contributed by atoms with Crippen LogP contribution < -0.4 is 5.73 Å². The Bertz CT molecular complexity index is 284. The molecule has 0 aromatic carbocycles. The van der Waals surface area contributed by atoms with Gasteiger partial charge in [-0.15, -0.1) is 0 Å². The van der Waals surface area contributed by atoms with Crippen molar-refractivity contribution in [2.75, 3.05) is 12.3 Å². The SMILES string of the molecule is CC(C)CS(=O)(=O)C(CCN)C(=O)O. The van der Waals surface area contributed by atoms with Gasteiger partial charge in [-0.3, -0.25) is 4.79 Å². The molecule has 84 valence electrons. The lowest BCUT2D eigenvalue weighted by molar-refractivity contribution is -0.136. The van der Waals surface area contributed by atoms with E-state index in [1.54, 1.807) is 13.8 Å². The number of carboxylic acids is 1. The summed E-state index contributed by atoms with van der Waals surface area (Å²) in [5.74, 6) is -1.49. The van der Waals surface area contributed by atoms with Gasteiger partial charge in [0.2, 0.25) is 0 Å². The third-order valence-corrected chi connectivity index (χ3v) is 4.14. The molecule has 1 unspecified atom stereocenters. The fourth-order valence-electron chi connectivity index (χ4n) is 1.19. The minimum absolute atomic E-state index is 0.0234. The average molecular weight is 223 g/mol. The van der Waals surface area contributed by atoms with Crippen molar-refractivity contribution in [1.82, 2.24) is 0 Å². The quantitative estimate of drug-likeness (QED) is 0.653. The highest BCUT2D eigenvalue weighted by Gasteiger charge is 2.31. The van der Waals surface area contributed by atoms with Crippen LogP contribution in [0.15, 0.2) is 0 Å². The summed E-state index contributed by atoms with van der Waals surface area (Å²) in [7, 11) is -3.56. The van der Waals surface area contributed by atoms with Gasteiger partial charge in [-0.2, -0.15) is 0 Å². The molecule has 0 aliphatic heterocycles. The van der Waals surface area contributed by atoms with Gasteiger partial charge in [0.05, 0.1) is 5.75 Å². The van der Waals surface area contributed by atoms with Gasteiger partial charge in [-0.05, 0) is 18.9 Å². The van der Waals surface area contributed by atoms with Crippen LogP contribution in [0.4, 0.5) is 0 Å². The summed E-state index contributed by atoms with van der Waals surface area (Å²) in [5.41, 5.74) is 5.17. The first-order valence-corrected chi connectivity index (χ1v) is 6.17. The lowest BCUT2D eigenvalue weighted by Gasteiger charge is -2.13. The number of carbonyl (C=O) groups is 1. The predicted molar refractivity (Wildman–Crippen MR) is 53.7 cm³/mol. The largest absolute Gasteiger partial charge is 0.480 e. The van der Waals surface area contributed by atoms with Crippen LogP contribution in [0.25, 0.3) is 0 Å². The molecule has 5 nitrogen and oxygen atoms in total. The zero-order valence-electron chi connectivity index (χ0n) is 8.43. The monoisotopic (exact) mass is 223 g/mol. The Balaban J connectivity index is 4.72. The van der Waals surface area contributed by atoms with Crippen molar-refractivity contribution in [2.45, 2.75) is 25.5 Å². The Morgan fingerprint density at radius 2 is 1.93 bits per heavy atom. The van der Waals surface area contributed by atoms with Crippen LogP contribution in [0, 0.1) is 5.92 Å². The van der Waals surface area contributed by atoms with Gasteiger partial charge in [0.25, 0.3) is 0 Å². The van der Waals surface area contributed by atoms with Crippen LogP contribution in [0.3, 0.4) is 0 Å². The maximum atomic E-state index is 11.5. The first kappa shape index (κ1) is 13.4. The van der Waals surface area contributed by atoms with Crippen LogP contribution in [0.5, 0.6) is 0 Å². The molecule has 0 saturated carbocycles. The second-order valence-corrected chi connectivity index (χ2v) is 5.86. The van der Waals surface area contributed by atoms with E-state index in [1.165, 1.54) is 0 Å². The van der Waals surface area contributed by atoms with E-state index in [1.807, 2.05) is 0 Å². The summed E-state index contributed by atoms with van der Waals surface area (Å²) >= 11 is 0. The van der Waals surface area contributed by atoms with E-state index in [2.05, 4.69) is 0 Å². The summed E-state index contributed by atoms with van der Waals surface area (Å²) in [5, 5.41) is 7.37. The molecule has 3 N–H and O–H groups in total. The van der Waals surface area contributed by atoms with Gasteiger partial charge in [0, 0.05) is 0 Å². The summed E-state index contributed by atoms with van der Waals surface area (Å²) in [6, 6.07) is 0. The topological polar surface area (TPSA) is 97.5 Å². The van der Waals surface area contributed by atoms with E-state index in [0.717, 1.165) is 0 Å². The number of hydrogen-bond donors (Lipinski definition) is 2. The highest BCUT2D eigenvalue weighted by molar-refractivity contribution is 7.92. The molecule has 0 amide bonds. The van der Waals surface area contributed by atoms with E-state index in [9.17, 15) is 13.2 Å². The van der Waals surface area contributed by atoms with Crippen molar-refractivity contribution in [3.8, 4) is 0 Å². The standard InChI is InChI=1S/C8H17NO4S/c1-6(2)5-14(12,13)7(3-4-9)8(10)11/h6-7H,3-5,9H2,1-2H3,(H,10,11). The third kappa shape index (κ3) is 4.06. The third-order valence-electron chi connectivity index (χ3n) is 1.70. The highest BCUT2D eigenvalue weighted by atomic mass is 32.2. The zero-order valence-corrected chi connectivity index (χ0v) is 9.25. The number of carboxylic acid groups (broad SMARTS) is 1. The van der Waals surface area contributed by atoms with Crippen molar-refractivity contribution in [3.63, 3.8) is 0 Å². The molecular weight excluding hydrogens is 206 g/mol. The van der Waals surface area contributed by atoms with Crippen LogP contribution in [-0.4, -0.2) is 37.0 Å². The molecule has 6 heteroatoms. The van der Waals surface area contributed by atoms with Gasteiger partial charge < -0.3 is 10.8 Å². The lowest BCUT2D eigenvalue weighted by atomic mass is 10.3. The molecular formula is C8H17NO4S. The van der Waals surface area contributed by atoms with Crippen LogP contribution in [-0.2, 0) is 14.6 Å². The molecule has 0 radical (unpaired) electrons. The van der Waals surface area contributed by atoms with Gasteiger partial charge in [-0.1, -0.05) is 13.8 Å². The average Bonchev–Trinajstić information content (AvgIpc) is 1.96. The maximum absolute atomic E-state index is 11.5.